The zero-order chi connectivity index (χ0) is 9.40. The average molecular weight is 174 g/mol. The molecule has 1 heterocycles. The van der Waals surface area contributed by atoms with Crippen LogP contribution in [0, 0.1) is 0 Å². The lowest BCUT2D eigenvalue weighted by Gasteiger charge is -2.26. The van der Waals surface area contributed by atoms with Gasteiger partial charge in [-0.15, -0.1) is 0 Å². The zero-order valence-corrected chi connectivity index (χ0v) is 8.80. The number of hydrogen-bond donors (Lipinski definition) is 0. The smallest absolute Gasteiger partial charge is 0.0812 e. The van der Waals surface area contributed by atoms with Crippen LogP contribution in [0.25, 0.3) is 0 Å². The predicted octanol–water partition coefficient (Wildman–Crippen LogP) is 2.62. The minimum atomic E-state index is 0.355. The summed E-state index contributed by atoms with van der Waals surface area (Å²) in [4.78, 5) is 0. The van der Waals surface area contributed by atoms with Gasteiger partial charge in [0.25, 0.3) is 0 Å². The summed E-state index contributed by atoms with van der Waals surface area (Å²) in [5.41, 5.74) is 0. The van der Waals surface area contributed by atoms with E-state index in [1.165, 1.54) is 12.8 Å². The summed E-state index contributed by atoms with van der Waals surface area (Å²) in [6.07, 6.45) is 4.45. The van der Waals surface area contributed by atoms with Gasteiger partial charge in [-0.2, -0.15) is 0 Å². The van der Waals surface area contributed by atoms with E-state index in [2.05, 4.69) is 6.92 Å². The topological polar surface area (TPSA) is 18.5 Å². The minimum absolute atomic E-state index is 0.355. The molecule has 0 aromatic rings. The van der Waals surface area contributed by atoms with Crippen molar-refractivity contribution in [3.8, 4) is 0 Å². The Labute approximate surface area is 76.3 Å². The lowest BCUT2D eigenvalue weighted by molar-refractivity contribution is -0.0710. The van der Waals surface area contributed by atoms with Gasteiger partial charge in [-0.05, 0) is 26.2 Å². The summed E-state index contributed by atoms with van der Waals surface area (Å²) in [5, 5.41) is 0. The van der Waals surface area contributed by atoms with E-state index in [9.17, 15) is 0 Å². The molecule has 0 N–H and O–H groups in total. The molecule has 0 bridgehead atoms. The second-order valence-electron chi connectivity index (χ2n) is 2.95. The van der Waals surface area contributed by atoms with Crippen LogP contribution in [0.15, 0.2) is 0 Å². The Kier molecular flexibility index (Phi) is 7.51. The molecule has 0 saturated carbocycles. The first-order valence-electron chi connectivity index (χ1n) is 4.97. The van der Waals surface area contributed by atoms with E-state index in [-0.39, 0.29) is 0 Å². The van der Waals surface area contributed by atoms with Gasteiger partial charge in [-0.1, -0.05) is 13.8 Å². The maximum Gasteiger partial charge on any atom is 0.0812 e. The summed E-state index contributed by atoms with van der Waals surface area (Å²) in [5.74, 6) is 0. The highest BCUT2D eigenvalue weighted by atomic mass is 16.5. The molecule has 0 aromatic heterocycles. The van der Waals surface area contributed by atoms with Gasteiger partial charge >= 0.3 is 0 Å². The third kappa shape index (κ3) is 4.73. The Bertz CT molecular complexity index is 91.8. The molecule has 0 aliphatic carbocycles. The molecule has 1 aliphatic rings. The Balaban J connectivity index is 0.000000561. The first kappa shape index (κ1) is 11.9. The SMILES string of the molecule is CC.COCC1CCCC(C)O1. The molecule has 12 heavy (non-hydrogen) atoms. The van der Waals surface area contributed by atoms with Crippen molar-refractivity contribution < 1.29 is 9.47 Å². The van der Waals surface area contributed by atoms with Crippen molar-refractivity contribution in [1.29, 1.82) is 0 Å². The molecule has 74 valence electrons. The van der Waals surface area contributed by atoms with Crippen LogP contribution < -0.4 is 0 Å². The molecule has 2 heteroatoms. The molecule has 1 aliphatic heterocycles. The summed E-state index contributed by atoms with van der Waals surface area (Å²) >= 11 is 0. The van der Waals surface area contributed by atoms with E-state index in [1.807, 2.05) is 13.8 Å². The number of ether oxygens (including phenoxy) is 2. The van der Waals surface area contributed by atoms with Gasteiger partial charge in [0, 0.05) is 7.11 Å². The highest BCUT2D eigenvalue weighted by molar-refractivity contribution is 4.67. The summed E-state index contributed by atoms with van der Waals surface area (Å²) in [6, 6.07) is 0. The van der Waals surface area contributed by atoms with Crippen molar-refractivity contribution in [2.45, 2.75) is 52.2 Å². The molecular formula is C10H22O2. The van der Waals surface area contributed by atoms with E-state index >= 15 is 0 Å². The van der Waals surface area contributed by atoms with Gasteiger partial charge < -0.3 is 9.47 Å². The number of methoxy groups -OCH3 is 1. The largest absolute Gasteiger partial charge is 0.382 e. The fourth-order valence-corrected chi connectivity index (χ4v) is 1.41. The van der Waals surface area contributed by atoms with E-state index in [1.54, 1.807) is 7.11 Å². The van der Waals surface area contributed by atoms with Crippen LogP contribution in [0.5, 0.6) is 0 Å². The van der Waals surface area contributed by atoms with Crippen LogP contribution in [0.2, 0.25) is 0 Å². The van der Waals surface area contributed by atoms with Crippen molar-refractivity contribution in [2.75, 3.05) is 13.7 Å². The third-order valence-electron chi connectivity index (χ3n) is 1.91. The highest BCUT2D eigenvalue weighted by Crippen LogP contribution is 2.18. The van der Waals surface area contributed by atoms with Crippen LogP contribution >= 0.6 is 0 Å². The Morgan fingerprint density at radius 2 is 2.00 bits per heavy atom. The molecular weight excluding hydrogens is 152 g/mol. The Morgan fingerprint density at radius 3 is 2.50 bits per heavy atom. The quantitative estimate of drug-likeness (QED) is 0.640. The first-order chi connectivity index (χ1) is 5.83. The number of rotatable bonds is 2. The second-order valence-corrected chi connectivity index (χ2v) is 2.95. The van der Waals surface area contributed by atoms with E-state index < -0.39 is 0 Å². The molecule has 2 nitrogen and oxygen atoms in total. The van der Waals surface area contributed by atoms with Gasteiger partial charge in [-0.3, -0.25) is 0 Å². The average Bonchev–Trinajstić information content (AvgIpc) is 2.09. The third-order valence-corrected chi connectivity index (χ3v) is 1.91. The zero-order valence-electron chi connectivity index (χ0n) is 8.80. The van der Waals surface area contributed by atoms with Crippen LogP contribution in [0.1, 0.15) is 40.0 Å². The van der Waals surface area contributed by atoms with Gasteiger partial charge in [0.1, 0.15) is 0 Å². The van der Waals surface area contributed by atoms with Crippen LogP contribution in [-0.2, 0) is 9.47 Å². The molecule has 2 unspecified atom stereocenters. The van der Waals surface area contributed by atoms with Crippen molar-refractivity contribution in [3.05, 3.63) is 0 Å². The van der Waals surface area contributed by atoms with Crippen molar-refractivity contribution >= 4 is 0 Å². The van der Waals surface area contributed by atoms with Gasteiger partial charge in [0.05, 0.1) is 18.8 Å². The monoisotopic (exact) mass is 174 g/mol. The molecule has 0 spiro atoms. The Hall–Kier alpha value is -0.0800. The van der Waals surface area contributed by atoms with Gasteiger partial charge in [-0.25, -0.2) is 0 Å². The van der Waals surface area contributed by atoms with Crippen molar-refractivity contribution in [1.82, 2.24) is 0 Å². The maximum atomic E-state index is 5.60. The standard InChI is InChI=1S/C8H16O2.C2H6/c1-7-4-3-5-8(10-7)6-9-2;1-2/h7-8H,3-6H2,1-2H3;1-2H3. The van der Waals surface area contributed by atoms with E-state index in [0.717, 1.165) is 13.0 Å². The number of hydrogen-bond acceptors (Lipinski definition) is 2. The second kappa shape index (κ2) is 7.56. The summed E-state index contributed by atoms with van der Waals surface area (Å²) in [6.45, 7) is 6.88. The van der Waals surface area contributed by atoms with E-state index in [4.69, 9.17) is 9.47 Å². The van der Waals surface area contributed by atoms with Gasteiger partial charge in [0.2, 0.25) is 0 Å². The fourth-order valence-electron chi connectivity index (χ4n) is 1.41. The normalized spacial score (nSPS) is 29.0. The molecule has 0 radical (unpaired) electrons. The van der Waals surface area contributed by atoms with Crippen LogP contribution in [0.3, 0.4) is 0 Å². The summed E-state index contributed by atoms with van der Waals surface area (Å²) in [7, 11) is 1.72. The lowest BCUT2D eigenvalue weighted by Crippen LogP contribution is -2.28. The molecule has 0 amide bonds. The maximum absolute atomic E-state index is 5.60. The fraction of sp³-hybridized carbons (Fsp3) is 1.00. The lowest BCUT2D eigenvalue weighted by atomic mass is 10.1. The van der Waals surface area contributed by atoms with Crippen molar-refractivity contribution in [2.24, 2.45) is 0 Å². The van der Waals surface area contributed by atoms with Crippen molar-refractivity contribution in [3.63, 3.8) is 0 Å². The first-order valence-corrected chi connectivity index (χ1v) is 4.97. The summed E-state index contributed by atoms with van der Waals surface area (Å²) < 4.78 is 10.6. The molecule has 1 saturated heterocycles. The molecule has 1 fully saturated rings. The minimum Gasteiger partial charge on any atom is -0.382 e. The van der Waals surface area contributed by atoms with E-state index in [0.29, 0.717) is 12.2 Å². The highest BCUT2D eigenvalue weighted by Gasteiger charge is 2.18. The van der Waals surface area contributed by atoms with Crippen LogP contribution in [0.4, 0.5) is 0 Å². The predicted molar refractivity (Wildman–Crippen MR) is 51.4 cm³/mol. The molecule has 0 aromatic carbocycles. The Morgan fingerprint density at radius 1 is 1.33 bits per heavy atom. The van der Waals surface area contributed by atoms with Gasteiger partial charge in [0.15, 0.2) is 0 Å². The van der Waals surface area contributed by atoms with Crippen LogP contribution in [-0.4, -0.2) is 25.9 Å². The molecule has 1 rings (SSSR count). The molecule has 2 atom stereocenters.